The van der Waals surface area contributed by atoms with Gasteiger partial charge < -0.3 is 14.8 Å². The quantitative estimate of drug-likeness (QED) is 0.754. The number of hydrogen-bond donors (Lipinski definition) is 1. The SMILES string of the molecule is COc1ccc(NC(=O)c2csc(-c3ccsc3)n2)cc1OC. The van der Waals surface area contributed by atoms with E-state index in [0.717, 1.165) is 10.6 Å². The fourth-order valence-corrected chi connectivity index (χ4v) is 3.52. The standard InChI is InChI=1S/C16H14N2O3S2/c1-20-13-4-3-11(7-14(13)21-2)17-15(19)12-9-23-16(18-12)10-5-6-22-8-10/h3-9H,1-2H3,(H,17,19). The third kappa shape index (κ3) is 3.35. The highest BCUT2D eigenvalue weighted by Gasteiger charge is 2.13. The van der Waals surface area contributed by atoms with Crippen molar-refractivity contribution in [1.29, 1.82) is 0 Å². The van der Waals surface area contributed by atoms with Crippen molar-refractivity contribution in [2.45, 2.75) is 0 Å². The van der Waals surface area contributed by atoms with E-state index < -0.39 is 0 Å². The summed E-state index contributed by atoms with van der Waals surface area (Å²) in [6.45, 7) is 0. The van der Waals surface area contributed by atoms with E-state index in [1.807, 2.05) is 16.8 Å². The molecule has 0 atom stereocenters. The summed E-state index contributed by atoms with van der Waals surface area (Å²) < 4.78 is 10.4. The third-order valence-electron chi connectivity index (χ3n) is 3.15. The van der Waals surface area contributed by atoms with Crippen LogP contribution < -0.4 is 14.8 Å². The molecular weight excluding hydrogens is 332 g/mol. The number of amides is 1. The number of aromatic nitrogens is 1. The summed E-state index contributed by atoms with van der Waals surface area (Å²) in [7, 11) is 3.12. The number of nitrogens with zero attached hydrogens (tertiary/aromatic N) is 1. The second-order valence-electron chi connectivity index (χ2n) is 4.57. The number of carbonyl (C=O) groups excluding carboxylic acids is 1. The Kier molecular flexibility index (Phi) is 4.59. The number of hydrogen-bond acceptors (Lipinski definition) is 6. The largest absolute Gasteiger partial charge is 0.493 e. The second-order valence-corrected chi connectivity index (χ2v) is 6.21. The topological polar surface area (TPSA) is 60.5 Å². The van der Waals surface area contributed by atoms with Crippen LogP contribution in [-0.2, 0) is 0 Å². The molecule has 1 N–H and O–H groups in total. The molecule has 0 aliphatic carbocycles. The molecule has 0 aliphatic rings. The van der Waals surface area contributed by atoms with E-state index in [0.29, 0.717) is 22.9 Å². The van der Waals surface area contributed by atoms with Crippen molar-refractivity contribution >= 4 is 34.3 Å². The van der Waals surface area contributed by atoms with Gasteiger partial charge in [0.2, 0.25) is 0 Å². The molecule has 0 unspecified atom stereocenters. The lowest BCUT2D eigenvalue weighted by atomic mass is 10.2. The number of nitrogens with one attached hydrogen (secondary N) is 1. The molecule has 1 amide bonds. The summed E-state index contributed by atoms with van der Waals surface area (Å²) in [4.78, 5) is 16.7. The van der Waals surface area contributed by atoms with Gasteiger partial charge in [-0.25, -0.2) is 4.98 Å². The van der Waals surface area contributed by atoms with Crippen molar-refractivity contribution in [3.63, 3.8) is 0 Å². The molecule has 0 fully saturated rings. The van der Waals surface area contributed by atoms with E-state index >= 15 is 0 Å². The van der Waals surface area contributed by atoms with Crippen molar-refractivity contribution in [1.82, 2.24) is 4.98 Å². The number of anilines is 1. The summed E-state index contributed by atoms with van der Waals surface area (Å²) in [5.41, 5.74) is 2.05. The zero-order chi connectivity index (χ0) is 16.2. The van der Waals surface area contributed by atoms with Crippen molar-refractivity contribution in [2.24, 2.45) is 0 Å². The molecule has 0 saturated heterocycles. The first kappa shape index (κ1) is 15.5. The number of thiazole rings is 1. The highest BCUT2D eigenvalue weighted by Crippen LogP contribution is 2.30. The Balaban J connectivity index is 1.77. The van der Waals surface area contributed by atoms with Gasteiger partial charge in [0.15, 0.2) is 11.5 Å². The van der Waals surface area contributed by atoms with Gasteiger partial charge in [0.05, 0.1) is 14.2 Å². The third-order valence-corrected chi connectivity index (χ3v) is 4.72. The van der Waals surface area contributed by atoms with Gasteiger partial charge in [-0.05, 0) is 23.6 Å². The van der Waals surface area contributed by atoms with E-state index in [2.05, 4.69) is 10.3 Å². The maximum Gasteiger partial charge on any atom is 0.275 e. The summed E-state index contributed by atoms with van der Waals surface area (Å²) in [6.07, 6.45) is 0. The average molecular weight is 346 g/mol. The van der Waals surface area contributed by atoms with Crippen LogP contribution in [0.5, 0.6) is 11.5 Å². The lowest BCUT2D eigenvalue weighted by Crippen LogP contribution is -2.12. The lowest BCUT2D eigenvalue weighted by Gasteiger charge is -2.09. The number of methoxy groups -OCH3 is 2. The minimum Gasteiger partial charge on any atom is -0.493 e. The van der Waals surface area contributed by atoms with Gasteiger partial charge in [0, 0.05) is 28.1 Å². The lowest BCUT2D eigenvalue weighted by molar-refractivity contribution is 0.102. The summed E-state index contributed by atoms with van der Waals surface area (Å²) in [5.74, 6) is 0.913. The van der Waals surface area contributed by atoms with Gasteiger partial charge in [0.25, 0.3) is 5.91 Å². The van der Waals surface area contributed by atoms with Crippen LogP contribution >= 0.6 is 22.7 Å². The second kappa shape index (κ2) is 6.80. The van der Waals surface area contributed by atoms with Gasteiger partial charge in [-0.2, -0.15) is 11.3 Å². The van der Waals surface area contributed by atoms with Crippen LogP contribution in [0.1, 0.15) is 10.5 Å². The fraction of sp³-hybridized carbons (Fsp3) is 0.125. The Bertz CT molecular complexity index is 813. The first-order valence-electron chi connectivity index (χ1n) is 6.72. The molecule has 0 saturated carbocycles. The Labute approximate surface area is 141 Å². The van der Waals surface area contributed by atoms with Crippen molar-refractivity contribution in [2.75, 3.05) is 19.5 Å². The zero-order valence-electron chi connectivity index (χ0n) is 12.5. The highest BCUT2D eigenvalue weighted by molar-refractivity contribution is 7.14. The predicted molar refractivity (Wildman–Crippen MR) is 92.9 cm³/mol. The van der Waals surface area contributed by atoms with Gasteiger partial charge in [-0.3, -0.25) is 4.79 Å². The van der Waals surface area contributed by atoms with E-state index in [4.69, 9.17) is 9.47 Å². The minimum absolute atomic E-state index is 0.255. The van der Waals surface area contributed by atoms with E-state index in [-0.39, 0.29) is 5.91 Å². The molecule has 2 heterocycles. The number of ether oxygens (including phenoxy) is 2. The highest BCUT2D eigenvalue weighted by atomic mass is 32.1. The molecule has 2 aromatic heterocycles. The van der Waals surface area contributed by atoms with Gasteiger partial charge in [-0.1, -0.05) is 0 Å². The first-order chi connectivity index (χ1) is 11.2. The number of benzene rings is 1. The Morgan fingerprint density at radius 1 is 1.13 bits per heavy atom. The average Bonchev–Trinajstić information content (AvgIpc) is 3.25. The van der Waals surface area contributed by atoms with E-state index in [9.17, 15) is 4.79 Å². The van der Waals surface area contributed by atoms with Crippen LogP contribution in [0.15, 0.2) is 40.4 Å². The van der Waals surface area contributed by atoms with Crippen LogP contribution in [0.2, 0.25) is 0 Å². The van der Waals surface area contributed by atoms with Crippen molar-refractivity contribution in [3.8, 4) is 22.1 Å². The molecule has 7 heteroatoms. The van der Waals surface area contributed by atoms with Crippen molar-refractivity contribution < 1.29 is 14.3 Å². The van der Waals surface area contributed by atoms with Gasteiger partial charge >= 0.3 is 0 Å². The smallest absolute Gasteiger partial charge is 0.275 e. The summed E-state index contributed by atoms with van der Waals surface area (Å²) >= 11 is 3.05. The molecule has 5 nitrogen and oxygen atoms in total. The molecule has 0 spiro atoms. The van der Waals surface area contributed by atoms with Crippen LogP contribution in [0.3, 0.4) is 0 Å². The van der Waals surface area contributed by atoms with E-state index in [1.54, 1.807) is 49.1 Å². The maximum absolute atomic E-state index is 12.3. The molecule has 1 aromatic carbocycles. The molecule has 23 heavy (non-hydrogen) atoms. The molecule has 0 bridgehead atoms. The monoisotopic (exact) mass is 346 g/mol. The fourth-order valence-electron chi connectivity index (χ4n) is 2.01. The van der Waals surface area contributed by atoms with Crippen LogP contribution in [0, 0.1) is 0 Å². The normalized spacial score (nSPS) is 10.3. The molecule has 0 aliphatic heterocycles. The molecule has 3 aromatic rings. The molecular formula is C16H14N2O3S2. The summed E-state index contributed by atoms with van der Waals surface area (Å²) in [5, 5.41) is 9.40. The maximum atomic E-state index is 12.3. The number of rotatable bonds is 5. The zero-order valence-corrected chi connectivity index (χ0v) is 14.2. The van der Waals surface area contributed by atoms with E-state index in [1.165, 1.54) is 11.3 Å². The Hall–Kier alpha value is -2.38. The van der Waals surface area contributed by atoms with Crippen LogP contribution in [-0.4, -0.2) is 25.1 Å². The Morgan fingerprint density at radius 2 is 1.96 bits per heavy atom. The summed E-state index contributed by atoms with van der Waals surface area (Å²) in [6, 6.07) is 7.19. The van der Waals surface area contributed by atoms with Gasteiger partial charge in [0.1, 0.15) is 10.7 Å². The number of thiophene rings is 1. The van der Waals surface area contributed by atoms with Crippen LogP contribution in [0.25, 0.3) is 10.6 Å². The predicted octanol–water partition coefficient (Wildman–Crippen LogP) is 4.14. The molecule has 118 valence electrons. The first-order valence-corrected chi connectivity index (χ1v) is 8.55. The Morgan fingerprint density at radius 3 is 2.65 bits per heavy atom. The van der Waals surface area contributed by atoms with Crippen molar-refractivity contribution in [3.05, 3.63) is 46.1 Å². The molecule has 0 radical (unpaired) electrons. The molecule has 3 rings (SSSR count). The number of carbonyl (C=O) groups is 1. The van der Waals surface area contributed by atoms with Gasteiger partial charge in [-0.15, -0.1) is 11.3 Å². The van der Waals surface area contributed by atoms with Crippen LogP contribution in [0.4, 0.5) is 5.69 Å². The minimum atomic E-state index is -0.255.